The van der Waals surface area contributed by atoms with Gasteiger partial charge in [0.2, 0.25) is 0 Å². The maximum absolute atomic E-state index is 12.3. The Bertz CT molecular complexity index is 1370. The number of aliphatic hydroxyl groups is 1. The van der Waals surface area contributed by atoms with Gasteiger partial charge in [0, 0.05) is 25.1 Å². The van der Waals surface area contributed by atoms with E-state index in [-0.39, 0.29) is 18.7 Å². The van der Waals surface area contributed by atoms with Crippen molar-refractivity contribution in [1.82, 2.24) is 10.6 Å². The number of ketones is 1. The van der Waals surface area contributed by atoms with Crippen molar-refractivity contribution in [3.63, 3.8) is 0 Å². The van der Waals surface area contributed by atoms with Gasteiger partial charge in [0.25, 0.3) is 0 Å². The molecule has 2 saturated carbocycles. The Morgan fingerprint density at radius 2 is 1.17 bits per heavy atom. The number of hydrogen-bond acceptors (Lipinski definition) is 8. The molecule has 0 unspecified atom stereocenters. The Kier molecular flexibility index (Phi) is 17.8. The van der Waals surface area contributed by atoms with Gasteiger partial charge in [-0.25, -0.2) is 9.59 Å². The Morgan fingerprint density at radius 3 is 1.69 bits per heavy atom. The number of Topliss-reactive ketones (excluding diaryl/α,β-unsaturated/α-hetero) is 1. The van der Waals surface area contributed by atoms with E-state index in [1.165, 1.54) is 64.2 Å². The van der Waals surface area contributed by atoms with Crippen LogP contribution in [0, 0.1) is 11.8 Å². The molecule has 2 amide bonds. The van der Waals surface area contributed by atoms with Gasteiger partial charge >= 0.3 is 12.2 Å². The van der Waals surface area contributed by atoms with E-state index >= 15 is 0 Å². The molecule has 4 rings (SSSR count). The molecule has 2 aromatic rings. The summed E-state index contributed by atoms with van der Waals surface area (Å²) in [5.74, 6) is 2.79. The van der Waals surface area contributed by atoms with Crippen molar-refractivity contribution in [2.45, 2.75) is 136 Å². The first-order valence-electron chi connectivity index (χ1n) is 19.3. The molecule has 52 heavy (non-hydrogen) atoms. The molecule has 0 aliphatic heterocycles. The summed E-state index contributed by atoms with van der Waals surface area (Å²) in [5.41, 5.74) is 0.347. The summed E-state index contributed by atoms with van der Waals surface area (Å²) >= 11 is 0. The quantitative estimate of drug-likeness (QED) is 0.164. The van der Waals surface area contributed by atoms with Gasteiger partial charge in [-0.1, -0.05) is 62.8 Å². The van der Waals surface area contributed by atoms with Gasteiger partial charge in [0.1, 0.15) is 22.7 Å². The fourth-order valence-electron chi connectivity index (χ4n) is 6.24. The SMILES string of the molecule is CC(C)(C)OC(=O)NCCC(=O)c1cccc(OCC2CCCCC2)c1.CC(C)(C)OC(=O)NCC[C@@H](O)c1cccc(OCC2CCCCC2)c1. The molecular weight excluding hydrogens is 660 g/mol. The Hall–Kier alpha value is -3.79. The summed E-state index contributed by atoms with van der Waals surface area (Å²) in [6.07, 6.45) is 11.8. The molecule has 2 fully saturated rings. The van der Waals surface area contributed by atoms with Crippen LogP contribution >= 0.6 is 0 Å². The molecule has 290 valence electrons. The molecule has 1 atom stereocenters. The molecule has 2 aliphatic carbocycles. The number of ether oxygens (including phenoxy) is 4. The molecule has 2 aliphatic rings. The molecule has 2 aromatic carbocycles. The molecule has 0 aromatic heterocycles. The van der Waals surface area contributed by atoms with Crippen LogP contribution < -0.4 is 20.1 Å². The van der Waals surface area contributed by atoms with Crippen molar-refractivity contribution in [2.24, 2.45) is 11.8 Å². The van der Waals surface area contributed by atoms with E-state index in [0.717, 1.165) is 30.3 Å². The summed E-state index contributed by atoms with van der Waals surface area (Å²) in [4.78, 5) is 35.6. The molecule has 0 bridgehead atoms. The predicted molar refractivity (Wildman–Crippen MR) is 204 cm³/mol. The Balaban J connectivity index is 0.000000280. The van der Waals surface area contributed by atoms with E-state index < -0.39 is 29.5 Å². The minimum atomic E-state index is -0.650. The highest BCUT2D eigenvalue weighted by Crippen LogP contribution is 2.27. The molecular formula is C42H64N2O8. The van der Waals surface area contributed by atoms with Gasteiger partial charge in [0.15, 0.2) is 5.78 Å². The summed E-state index contributed by atoms with van der Waals surface area (Å²) in [6, 6.07) is 14.9. The lowest BCUT2D eigenvalue weighted by molar-refractivity contribution is 0.0509. The number of carbonyl (C=O) groups is 3. The third kappa shape index (κ3) is 18.1. The summed E-state index contributed by atoms with van der Waals surface area (Å²) in [6.45, 7) is 12.9. The molecule has 10 nitrogen and oxygen atoms in total. The van der Waals surface area contributed by atoms with Crippen LogP contribution in [0.3, 0.4) is 0 Å². The van der Waals surface area contributed by atoms with Gasteiger partial charge in [-0.05, 0) is 115 Å². The second kappa shape index (κ2) is 21.7. The maximum atomic E-state index is 12.3. The van der Waals surface area contributed by atoms with Crippen LogP contribution in [0.1, 0.15) is 141 Å². The Labute approximate surface area is 311 Å². The van der Waals surface area contributed by atoms with Crippen molar-refractivity contribution in [1.29, 1.82) is 0 Å². The predicted octanol–water partition coefficient (Wildman–Crippen LogP) is 9.34. The van der Waals surface area contributed by atoms with Crippen molar-refractivity contribution < 1.29 is 38.4 Å². The fourth-order valence-corrected chi connectivity index (χ4v) is 6.24. The minimum absolute atomic E-state index is 0.0239. The van der Waals surface area contributed by atoms with E-state index in [4.69, 9.17) is 18.9 Å². The summed E-state index contributed by atoms with van der Waals surface area (Å²) in [7, 11) is 0. The highest BCUT2D eigenvalue weighted by molar-refractivity contribution is 5.96. The van der Waals surface area contributed by atoms with Gasteiger partial charge in [0.05, 0.1) is 19.3 Å². The van der Waals surface area contributed by atoms with E-state index in [2.05, 4.69) is 10.6 Å². The van der Waals surface area contributed by atoms with Crippen LogP contribution in [-0.2, 0) is 9.47 Å². The highest BCUT2D eigenvalue weighted by Gasteiger charge is 2.19. The number of benzene rings is 2. The average Bonchev–Trinajstić information content (AvgIpc) is 3.09. The fraction of sp³-hybridized carbons (Fsp3) is 0.643. The van der Waals surface area contributed by atoms with Crippen molar-refractivity contribution in [3.05, 3.63) is 59.7 Å². The van der Waals surface area contributed by atoms with Crippen LogP contribution in [0.5, 0.6) is 11.5 Å². The summed E-state index contributed by atoms with van der Waals surface area (Å²) < 4.78 is 22.2. The molecule has 0 spiro atoms. The highest BCUT2D eigenvalue weighted by atomic mass is 16.6. The normalized spacial score (nSPS) is 16.1. The smallest absolute Gasteiger partial charge is 0.407 e. The molecule has 0 radical (unpaired) electrons. The zero-order chi connectivity index (χ0) is 38.0. The number of nitrogens with one attached hydrogen (secondary N) is 2. The van der Waals surface area contributed by atoms with E-state index in [9.17, 15) is 19.5 Å². The van der Waals surface area contributed by atoms with Crippen LogP contribution in [0.15, 0.2) is 48.5 Å². The largest absolute Gasteiger partial charge is 0.493 e. The third-order valence-corrected chi connectivity index (χ3v) is 8.93. The van der Waals surface area contributed by atoms with Gasteiger partial charge in [-0.3, -0.25) is 4.79 Å². The third-order valence-electron chi connectivity index (χ3n) is 8.93. The van der Waals surface area contributed by atoms with Gasteiger partial charge < -0.3 is 34.7 Å². The number of carbonyl (C=O) groups excluding carboxylic acids is 3. The first-order chi connectivity index (χ1) is 24.7. The lowest BCUT2D eigenvalue weighted by Crippen LogP contribution is -2.33. The van der Waals surface area contributed by atoms with E-state index in [1.54, 1.807) is 32.9 Å². The second-order valence-electron chi connectivity index (χ2n) is 16.1. The van der Waals surface area contributed by atoms with Crippen molar-refractivity contribution in [2.75, 3.05) is 26.3 Å². The standard InChI is InChI=1S/C21H33NO4.C21H31NO4/c2*1-21(2,3)26-20(24)22-13-12-19(23)17-10-7-11-18(14-17)25-15-16-8-5-4-6-9-16/h7,10-11,14,16,19,23H,4-6,8-9,12-13,15H2,1-3H3,(H,22,24);7,10-11,14,16H,4-6,8-9,12-13,15H2,1-3H3,(H,22,24)/t19-;/m1./s1. The van der Waals surface area contributed by atoms with Crippen molar-refractivity contribution >= 4 is 18.0 Å². The first-order valence-corrected chi connectivity index (χ1v) is 19.3. The molecule has 10 heteroatoms. The van der Waals surface area contributed by atoms with Gasteiger partial charge in [-0.2, -0.15) is 0 Å². The van der Waals surface area contributed by atoms with E-state index in [0.29, 0.717) is 30.4 Å². The zero-order valence-corrected chi connectivity index (χ0v) is 32.5. The molecule has 0 saturated heterocycles. The number of hydrogen-bond donors (Lipinski definition) is 3. The van der Waals surface area contributed by atoms with Crippen LogP contribution in [0.2, 0.25) is 0 Å². The summed E-state index contributed by atoms with van der Waals surface area (Å²) in [5, 5.41) is 15.6. The molecule has 0 heterocycles. The van der Waals surface area contributed by atoms with Crippen molar-refractivity contribution in [3.8, 4) is 11.5 Å². The topological polar surface area (TPSA) is 132 Å². The number of aliphatic hydroxyl groups excluding tert-OH is 1. The first kappa shape index (κ1) is 42.6. The maximum Gasteiger partial charge on any atom is 0.407 e. The molecule has 3 N–H and O–H groups in total. The zero-order valence-electron chi connectivity index (χ0n) is 32.5. The van der Waals surface area contributed by atoms with Crippen LogP contribution in [-0.4, -0.2) is 60.6 Å². The van der Waals surface area contributed by atoms with Crippen LogP contribution in [0.4, 0.5) is 9.59 Å². The lowest BCUT2D eigenvalue weighted by Gasteiger charge is -2.22. The Morgan fingerprint density at radius 1 is 0.692 bits per heavy atom. The minimum Gasteiger partial charge on any atom is -0.493 e. The number of amides is 2. The monoisotopic (exact) mass is 724 g/mol. The number of rotatable bonds is 14. The van der Waals surface area contributed by atoms with E-state index in [1.807, 2.05) is 57.2 Å². The van der Waals surface area contributed by atoms with Gasteiger partial charge in [-0.15, -0.1) is 0 Å². The van der Waals surface area contributed by atoms with Crippen LogP contribution in [0.25, 0.3) is 0 Å². The average molecular weight is 725 g/mol. The second-order valence-corrected chi connectivity index (χ2v) is 16.1. The lowest BCUT2D eigenvalue weighted by atomic mass is 9.90. The number of alkyl carbamates (subject to hydrolysis) is 2.